The fourth-order valence-corrected chi connectivity index (χ4v) is 5.34. The Balaban J connectivity index is 1.32. The number of hydrogen-bond acceptors (Lipinski definition) is 6. The average molecular weight is 741 g/mol. The number of nitrogens with one attached hydrogen (secondary N) is 1. The highest BCUT2D eigenvalue weighted by Crippen LogP contribution is 2.39. The zero-order chi connectivity index (χ0) is 34.5. The lowest BCUT2D eigenvalue weighted by Crippen LogP contribution is -2.60. The fraction of sp³-hybridized carbons (Fsp3) is 0.286. The standard InChI is InChI=1S/C28H18BrF9N4O5/c29-18-8-16(47-28(36,37)38)1-2-22(18)46-12-23(43)41-3-4-42-21(11-41)24(44)40-20-10-39-19(9-17(20)25(42)45)13-5-14(26(30,31)32)7-15(6-13)27(33,34)35/h1-2,5-10,21H,3-4,11-12H2,(H,40,44)/t21-/m0/s1. The fourth-order valence-electron chi connectivity index (χ4n) is 4.87. The number of piperazine rings is 1. The maximum absolute atomic E-state index is 13.5. The third kappa shape index (κ3) is 7.55. The summed E-state index contributed by atoms with van der Waals surface area (Å²) in [5.41, 5.74) is -4.52. The molecular formula is C28H18BrF9N4O5. The van der Waals surface area contributed by atoms with Crippen molar-refractivity contribution in [2.45, 2.75) is 24.8 Å². The molecule has 0 radical (unpaired) electrons. The van der Waals surface area contributed by atoms with Crippen LogP contribution in [0.5, 0.6) is 11.5 Å². The molecule has 47 heavy (non-hydrogen) atoms. The molecule has 2 aromatic carbocycles. The van der Waals surface area contributed by atoms with Crippen LogP contribution < -0.4 is 14.8 Å². The van der Waals surface area contributed by atoms with Gasteiger partial charge in [0.15, 0.2) is 6.61 Å². The van der Waals surface area contributed by atoms with Crippen LogP contribution in [0.2, 0.25) is 0 Å². The van der Waals surface area contributed by atoms with E-state index in [9.17, 15) is 53.9 Å². The second-order valence-electron chi connectivity index (χ2n) is 10.2. The molecule has 0 bridgehead atoms. The Morgan fingerprint density at radius 1 is 0.936 bits per heavy atom. The number of halogens is 10. The van der Waals surface area contributed by atoms with Crippen LogP contribution in [-0.2, 0) is 21.9 Å². The van der Waals surface area contributed by atoms with E-state index in [0.717, 1.165) is 35.4 Å². The van der Waals surface area contributed by atoms with Crippen LogP contribution in [-0.4, -0.2) is 71.2 Å². The molecule has 1 N–H and O–H groups in total. The van der Waals surface area contributed by atoms with Gasteiger partial charge in [0, 0.05) is 18.7 Å². The lowest BCUT2D eigenvalue weighted by molar-refractivity contribution is -0.274. The Kier molecular flexibility index (Phi) is 8.80. The minimum atomic E-state index is -5.12. The van der Waals surface area contributed by atoms with Gasteiger partial charge in [-0.1, -0.05) is 0 Å². The number of ether oxygens (including phenoxy) is 2. The molecule has 3 heterocycles. The summed E-state index contributed by atoms with van der Waals surface area (Å²) in [4.78, 5) is 45.7. The smallest absolute Gasteiger partial charge is 0.483 e. The van der Waals surface area contributed by atoms with E-state index in [4.69, 9.17) is 4.74 Å². The van der Waals surface area contributed by atoms with Gasteiger partial charge in [0.05, 0.1) is 45.3 Å². The molecule has 2 aliphatic heterocycles. The number of pyridine rings is 1. The van der Waals surface area contributed by atoms with Crippen molar-refractivity contribution < 1.29 is 63.4 Å². The van der Waals surface area contributed by atoms with Gasteiger partial charge < -0.3 is 24.6 Å². The van der Waals surface area contributed by atoms with Crippen molar-refractivity contribution in [2.75, 3.05) is 31.6 Å². The van der Waals surface area contributed by atoms with Crippen molar-refractivity contribution in [1.29, 1.82) is 0 Å². The van der Waals surface area contributed by atoms with Crippen LogP contribution in [0, 0.1) is 0 Å². The molecular weight excluding hydrogens is 723 g/mol. The first-order valence-corrected chi connectivity index (χ1v) is 14.0. The second-order valence-corrected chi connectivity index (χ2v) is 11.0. The molecule has 19 heteroatoms. The number of aromatic nitrogens is 1. The highest BCUT2D eigenvalue weighted by atomic mass is 79.9. The highest BCUT2D eigenvalue weighted by Gasteiger charge is 2.41. The van der Waals surface area contributed by atoms with Gasteiger partial charge in [0.2, 0.25) is 5.91 Å². The molecule has 5 rings (SSSR count). The molecule has 3 aromatic rings. The van der Waals surface area contributed by atoms with E-state index in [1.165, 1.54) is 4.90 Å². The summed E-state index contributed by atoms with van der Waals surface area (Å²) in [7, 11) is 0. The summed E-state index contributed by atoms with van der Waals surface area (Å²) < 4.78 is 127. The zero-order valence-electron chi connectivity index (χ0n) is 23.2. The Hall–Kier alpha value is -4.55. The minimum Gasteiger partial charge on any atom is -0.483 e. The van der Waals surface area contributed by atoms with E-state index in [2.05, 4.69) is 31.0 Å². The van der Waals surface area contributed by atoms with Gasteiger partial charge in [0.1, 0.15) is 17.5 Å². The van der Waals surface area contributed by atoms with Gasteiger partial charge in [-0.2, -0.15) is 26.3 Å². The Morgan fingerprint density at radius 2 is 1.60 bits per heavy atom. The predicted molar refractivity (Wildman–Crippen MR) is 146 cm³/mol. The highest BCUT2D eigenvalue weighted by molar-refractivity contribution is 9.10. The van der Waals surface area contributed by atoms with E-state index in [-0.39, 0.29) is 47.2 Å². The quantitative estimate of drug-likeness (QED) is 0.316. The first-order chi connectivity index (χ1) is 21.8. The van der Waals surface area contributed by atoms with Gasteiger partial charge in [-0.05, 0) is 58.4 Å². The van der Waals surface area contributed by atoms with Crippen molar-refractivity contribution in [2.24, 2.45) is 0 Å². The first kappa shape index (κ1) is 33.8. The van der Waals surface area contributed by atoms with Crippen LogP contribution in [0.1, 0.15) is 21.5 Å². The molecule has 1 atom stereocenters. The van der Waals surface area contributed by atoms with E-state index in [0.29, 0.717) is 12.1 Å². The monoisotopic (exact) mass is 740 g/mol. The predicted octanol–water partition coefficient (Wildman–Crippen LogP) is 6.13. The SMILES string of the molecule is O=C1Nc2cnc(-c3cc(C(F)(F)F)cc(C(F)(F)F)c3)cc2C(=O)N2CCN(C(=O)COc3ccc(OC(F)(F)F)cc3Br)C[C@@H]12. The van der Waals surface area contributed by atoms with Crippen molar-refractivity contribution in [1.82, 2.24) is 14.8 Å². The van der Waals surface area contributed by atoms with Crippen LogP contribution in [0.3, 0.4) is 0 Å². The molecule has 0 saturated carbocycles. The van der Waals surface area contributed by atoms with E-state index in [1.54, 1.807) is 0 Å². The number of hydrogen-bond donors (Lipinski definition) is 1. The number of rotatable bonds is 5. The third-order valence-electron chi connectivity index (χ3n) is 7.06. The molecule has 0 spiro atoms. The molecule has 9 nitrogen and oxygen atoms in total. The van der Waals surface area contributed by atoms with Gasteiger partial charge in [-0.15, -0.1) is 13.2 Å². The number of benzene rings is 2. The van der Waals surface area contributed by atoms with Crippen molar-refractivity contribution in [3.05, 3.63) is 69.8 Å². The minimum absolute atomic E-state index is 0.00998. The normalized spacial score (nSPS) is 17.0. The summed E-state index contributed by atoms with van der Waals surface area (Å²) in [6.07, 6.45) is -14.2. The van der Waals surface area contributed by atoms with Gasteiger partial charge in [0.25, 0.3) is 11.8 Å². The number of anilines is 1. The van der Waals surface area contributed by atoms with Gasteiger partial charge in [-0.3, -0.25) is 19.4 Å². The van der Waals surface area contributed by atoms with Gasteiger partial charge in [-0.25, -0.2) is 0 Å². The Labute approximate surface area is 266 Å². The van der Waals surface area contributed by atoms with Crippen LogP contribution >= 0.6 is 15.9 Å². The maximum atomic E-state index is 13.5. The molecule has 0 aliphatic carbocycles. The van der Waals surface area contributed by atoms with Crippen molar-refractivity contribution in [3.63, 3.8) is 0 Å². The average Bonchev–Trinajstić information content (AvgIpc) is 3.07. The lowest BCUT2D eigenvalue weighted by atomic mass is 10.0. The van der Waals surface area contributed by atoms with Crippen LogP contribution in [0.15, 0.2) is 53.1 Å². The van der Waals surface area contributed by atoms with E-state index in [1.807, 2.05) is 0 Å². The summed E-state index contributed by atoms with van der Waals surface area (Å²) in [6.45, 7) is -1.18. The number of carbonyl (C=O) groups is 3. The van der Waals surface area contributed by atoms with E-state index >= 15 is 0 Å². The summed E-state index contributed by atoms with van der Waals surface area (Å²) in [6, 6.07) is 3.70. The molecule has 2 aliphatic rings. The maximum Gasteiger partial charge on any atom is 0.573 e. The number of nitrogens with zero attached hydrogens (tertiary/aromatic N) is 3. The third-order valence-corrected chi connectivity index (χ3v) is 7.68. The Morgan fingerprint density at radius 3 is 2.19 bits per heavy atom. The van der Waals surface area contributed by atoms with Crippen LogP contribution in [0.25, 0.3) is 11.3 Å². The molecule has 3 amide bonds. The molecule has 250 valence electrons. The number of amides is 3. The molecule has 1 aromatic heterocycles. The number of fused-ring (bicyclic) bond motifs is 2. The topological polar surface area (TPSA) is 101 Å². The van der Waals surface area contributed by atoms with Crippen molar-refractivity contribution in [3.8, 4) is 22.8 Å². The molecule has 1 fully saturated rings. The van der Waals surface area contributed by atoms with Crippen LogP contribution in [0.4, 0.5) is 45.2 Å². The van der Waals surface area contributed by atoms with Gasteiger partial charge >= 0.3 is 18.7 Å². The zero-order valence-corrected chi connectivity index (χ0v) is 24.8. The lowest BCUT2D eigenvalue weighted by Gasteiger charge is -2.39. The summed E-state index contributed by atoms with van der Waals surface area (Å²) in [5, 5.41) is 2.46. The number of carbonyl (C=O) groups excluding carboxylic acids is 3. The summed E-state index contributed by atoms with van der Waals surface area (Å²) >= 11 is 3.03. The first-order valence-electron chi connectivity index (χ1n) is 13.2. The molecule has 1 saturated heterocycles. The Bertz CT molecular complexity index is 1710. The number of alkyl halides is 9. The summed E-state index contributed by atoms with van der Waals surface area (Å²) in [5.74, 6) is -2.69. The van der Waals surface area contributed by atoms with Crippen molar-refractivity contribution >= 4 is 39.3 Å². The van der Waals surface area contributed by atoms with E-state index < -0.39 is 77.2 Å². The second kappa shape index (κ2) is 12.2. The molecule has 0 unspecified atom stereocenters. The largest absolute Gasteiger partial charge is 0.573 e.